The molecule has 0 unspecified atom stereocenters. The summed E-state index contributed by atoms with van der Waals surface area (Å²) in [5, 5.41) is 5.72. The van der Waals surface area contributed by atoms with Crippen LogP contribution in [0, 0.1) is 0 Å². The van der Waals surface area contributed by atoms with Crippen molar-refractivity contribution in [3.63, 3.8) is 0 Å². The summed E-state index contributed by atoms with van der Waals surface area (Å²) in [6.45, 7) is 0. The molecule has 26 heavy (non-hydrogen) atoms. The van der Waals surface area contributed by atoms with Crippen molar-refractivity contribution >= 4 is 31.8 Å². The maximum absolute atomic E-state index is 12.5. The molecule has 0 aromatic heterocycles. The van der Waals surface area contributed by atoms with Gasteiger partial charge < -0.3 is 0 Å². The van der Waals surface area contributed by atoms with Crippen LogP contribution in [0.2, 0.25) is 0 Å². The van der Waals surface area contributed by atoms with Gasteiger partial charge in [0.1, 0.15) is 4.90 Å². The molecule has 2 aromatic rings. The molecule has 0 amide bonds. The first-order valence-corrected chi connectivity index (χ1v) is 9.98. The molecule has 0 aliphatic rings. The van der Waals surface area contributed by atoms with E-state index in [1.165, 1.54) is 18.2 Å². The fraction of sp³-hybridized carbons (Fsp3) is 0.0667. The van der Waals surface area contributed by atoms with Gasteiger partial charge in [0.25, 0.3) is 10.0 Å². The Morgan fingerprint density at radius 3 is 2.04 bits per heavy atom. The van der Waals surface area contributed by atoms with E-state index < -0.39 is 36.7 Å². The smallest absolute Gasteiger partial charge is 0.279 e. The highest BCUT2D eigenvalue weighted by atomic mass is 32.2. The summed E-state index contributed by atoms with van der Waals surface area (Å²) in [6.07, 6.45) is -3.42. The second kappa shape index (κ2) is 7.09. The van der Waals surface area contributed by atoms with Gasteiger partial charge >= 0.3 is 6.18 Å². The van der Waals surface area contributed by atoms with Gasteiger partial charge in [0, 0.05) is 0 Å². The van der Waals surface area contributed by atoms with Crippen LogP contribution in [-0.4, -0.2) is 16.8 Å². The maximum atomic E-state index is 12.5. The van der Waals surface area contributed by atoms with Gasteiger partial charge in [-0.2, -0.15) is 13.2 Å². The molecular formula is C15H13F3N2O4S2. The van der Waals surface area contributed by atoms with Crippen LogP contribution in [0.4, 0.5) is 18.9 Å². The van der Waals surface area contributed by atoms with Crippen molar-refractivity contribution in [3.8, 4) is 0 Å². The number of benzene rings is 2. The summed E-state index contributed by atoms with van der Waals surface area (Å²) < 4.78 is 86.6. The molecule has 0 heterocycles. The Labute approximate surface area is 148 Å². The zero-order chi connectivity index (χ0) is 19.6. The number of rotatable bonds is 5. The molecule has 0 spiro atoms. The van der Waals surface area contributed by atoms with E-state index in [9.17, 15) is 30.0 Å². The Balaban J connectivity index is 2.24. The van der Waals surface area contributed by atoms with Gasteiger partial charge in [-0.3, -0.25) is 4.72 Å². The Morgan fingerprint density at radius 2 is 1.50 bits per heavy atom. The number of primary sulfonamides is 1. The van der Waals surface area contributed by atoms with E-state index in [0.717, 1.165) is 36.4 Å². The summed E-state index contributed by atoms with van der Waals surface area (Å²) in [7, 11) is -8.28. The van der Waals surface area contributed by atoms with Gasteiger partial charge in [-0.1, -0.05) is 24.3 Å². The number of sulfonamides is 2. The van der Waals surface area contributed by atoms with Crippen LogP contribution < -0.4 is 9.86 Å². The highest BCUT2D eigenvalue weighted by Crippen LogP contribution is 2.29. The molecule has 0 aliphatic carbocycles. The monoisotopic (exact) mass is 406 g/mol. The van der Waals surface area contributed by atoms with Crippen LogP contribution in [0.3, 0.4) is 0 Å². The lowest BCUT2D eigenvalue weighted by Gasteiger charge is -2.09. The van der Waals surface area contributed by atoms with Gasteiger partial charge in [0.2, 0.25) is 10.0 Å². The van der Waals surface area contributed by atoms with E-state index in [2.05, 4.69) is 0 Å². The minimum atomic E-state index is -4.49. The molecule has 0 aliphatic heterocycles. The number of alkyl halides is 3. The predicted molar refractivity (Wildman–Crippen MR) is 90.8 cm³/mol. The van der Waals surface area contributed by atoms with Crippen molar-refractivity contribution < 1.29 is 30.0 Å². The summed E-state index contributed by atoms with van der Waals surface area (Å²) in [5.41, 5.74) is -0.895. The summed E-state index contributed by atoms with van der Waals surface area (Å²) >= 11 is 0. The fourth-order valence-corrected chi connectivity index (χ4v) is 3.59. The highest BCUT2D eigenvalue weighted by Gasteiger charge is 2.29. The largest absolute Gasteiger partial charge is 0.416 e. The zero-order valence-electron chi connectivity index (χ0n) is 12.9. The molecule has 0 saturated heterocycles. The average Bonchev–Trinajstić information content (AvgIpc) is 2.52. The van der Waals surface area contributed by atoms with Crippen LogP contribution in [0.25, 0.3) is 6.08 Å². The third-order valence-corrected chi connectivity index (χ3v) is 5.09. The van der Waals surface area contributed by atoms with Gasteiger partial charge in [0.15, 0.2) is 0 Å². The van der Waals surface area contributed by atoms with E-state index in [4.69, 9.17) is 5.14 Å². The molecule has 0 bridgehead atoms. The Morgan fingerprint density at radius 1 is 0.923 bits per heavy atom. The van der Waals surface area contributed by atoms with Crippen molar-refractivity contribution in [1.29, 1.82) is 0 Å². The van der Waals surface area contributed by atoms with Gasteiger partial charge in [-0.15, -0.1) is 0 Å². The molecule has 6 nitrogen and oxygen atoms in total. The van der Waals surface area contributed by atoms with Crippen LogP contribution in [-0.2, 0) is 26.2 Å². The predicted octanol–water partition coefficient (Wildman–Crippen LogP) is 2.77. The van der Waals surface area contributed by atoms with E-state index in [-0.39, 0.29) is 11.3 Å². The number of halogens is 3. The molecule has 2 rings (SSSR count). The van der Waals surface area contributed by atoms with Crippen LogP contribution in [0.15, 0.2) is 58.8 Å². The number of nitrogens with two attached hydrogens (primary N) is 1. The molecule has 0 radical (unpaired) electrons. The molecule has 2 aromatic carbocycles. The third-order valence-electron chi connectivity index (χ3n) is 3.12. The zero-order valence-corrected chi connectivity index (χ0v) is 14.6. The number of hydrogen-bond acceptors (Lipinski definition) is 4. The first-order chi connectivity index (χ1) is 11.9. The van der Waals surface area contributed by atoms with E-state index >= 15 is 0 Å². The Kier molecular flexibility index (Phi) is 5.44. The van der Waals surface area contributed by atoms with Crippen LogP contribution >= 0.6 is 0 Å². The van der Waals surface area contributed by atoms with Crippen LogP contribution in [0.1, 0.15) is 11.1 Å². The van der Waals surface area contributed by atoms with Crippen LogP contribution in [0.5, 0.6) is 0 Å². The quantitative estimate of drug-likeness (QED) is 0.796. The van der Waals surface area contributed by atoms with Gasteiger partial charge in [-0.25, -0.2) is 22.0 Å². The second-order valence-electron chi connectivity index (χ2n) is 5.11. The van der Waals surface area contributed by atoms with Crippen molar-refractivity contribution in [2.24, 2.45) is 5.14 Å². The lowest BCUT2D eigenvalue weighted by Crippen LogP contribution is -2.17. The minimum absolute atomic E-state index is 0.211. The van der Waals surface area contributed by atoms with E-state index in [1.54, 1.807) is 0 Å². The number of anilines is 1. The fourth-order valence-electron chi connectivity index (χ4n) is 1.94. The Bertz CT molecular complexity index is 1030. The van der Waals surface area contributed by atoms with E-state index in [0.29, 0.717) is 5.41 Å². The highest BCUT2D eigenvalue weighted by molar-refractivity contribution is 7.95. The topological polar surface area (TPSA) is 106 Å². The number of para-hydroxylation sites is 1. The second-order valence-corrected chi connectivity index (χ2v) is 8.21. The SMILES string of the molecule is NS(=O)(=O)c1ccccc1NS(=O)(=O)C=Cc1ccc(C(F)(F)F)cc1. The van der Waals surface area contributed by atoms with Gasteiger partial charge in [-0.05, 0) is 35.9 Å². The van der Waals surface area contributed by atoms with Crippen molar-refractivity contribution in [1.82, 2.24) is 0 Å². The molecule has 0 saturated carbocycles. The summed E-state index contributed by atoms with van der Waals surface area (Å²) in [4.78, 5) is -0.411. The molecule has 140 valence electrons. The standard InChI is InChI=1S/C15H13F3N2O4S2/c16-15(17,18)12-7-5-11(6-8-12)9-10-25(21,22)20-13-3-1-2-4-14(13)26(19,23)24/h1-10,20H,(H2,19,23,24). The Hall–Kier alpha value is -2.37. The molecule has 3 N–H and O–H groups in total. The number of hydrogen-bond donors (Lipinski definition) is 2. The van der Waals surface area contributed by atoms with Crippen molar-refractivity contribution in [2.45, 2.75) is 11.1 Å². The van der Waals surface area contributed by atoms with E-state index in [1.807, 2.05) is 4.72 Å². The minimum Gasteiger partial charge on any atom is -0.279 e. The van der Waals surface area contributed by atoms with Crippen molar-refractivity contribution in [2.75, 3.05) is 4.72 Å². The lowest BCUT2D eigenvalue weighted by atomic mass is 10.1. The third kappa shape index (κ3) is 5.31. The first-order valence-electron chi connectivity index (χ1n) is 6.88. The molecule has 11 heteroatoms. The summed E-state index contributed by atoms with van der Waals surface area (Å²) in [5.74, 6) is 0. The van der Waals surface area contributed by atoms with Crippen molar-refractivity contribution in [3.05, 3.63) is 65.1 Å². The normalized spacial score (nSPS) is 13.1. The maximum Gasteiger partial charge on any atom is 0.416 e. The lowest BCUT2D eigenvalue weighted by molar-refractivity contribution is -0.137. The molecular weight excluding hydrogens is 393 g/mol. The summed E-state index contributed by atoms with van der Waals surface area (Å²) in [6, 6.07) is 8.96. The molecule has 0 atom stereocenters. The average molecular weight is 406 g/mol. The van der Waals surface area contributed by atoms with Gasteiger partial charge in [0.05, 0.1) is 16.7 Å². The molecule has 0 fully saturated rings. The first kappa shape index (κ1) is 19.9. The number of nitrogens with one attached hydrogen (secondary N) is 1.